The van der Waals surface area contributed by atoms with Gasteiger partial charge in [-0.05, 0) is 38.6 Å². The van der Waals surface area contributed by atoms with E-state index in [1.807, 2.05) is 0 Å². The van der Waals surface area contributed by atoms with Gasteiger partial charge in [0.2, 0.25) is 0 Å². The molecule has 0 fully saturated rings. The molecule has 0 saturated heterocycles. The summed E-state index contributed by atoms with van der Waals surface area (Å²) in [4.78, 5) is 0. The van der Waals surface area contributed by atoms with E-state index in [9.17, 15) is 0 Å². The van der Waals surface area contributed by atoms with Crippen LogP contribution in [0.4, 0.5) is 0 Å². The summed E-state index contributed by atoms with van der Waals surface area (Å²) in [6.07, 6.45) is 4.99. The van der Waals surface area contributed by atoms with Crippen molar-refractivity contribution in [1.29, 1.82) is 0 Å². The molecule has 0 radical (unpaired) electrons. The van der Waals surface area contributed by atoms with Crippen LogP contribution in [0.15, 0.2) is 0 Å². The molecule has 1 N–H and O–H groups in total. The molecule has 0 aliphatic rings. The topological polar surface area (TPSA) is 21.3 Å². The standard InChI is InChI=1S/C12H27NO/c1-5-7-12(8-9-14-4)10-13-11(3)6-2/h11-13H,5-10H2,1-4H3/t11-,12-/m1/s1. The monoisotopic (exact) mass is 201 g/mol. The molecule has 0 amide bonds. The van der Waals surface area contributed by atoms with Crippen molar-refractivity contribution < 1.29 is 4.74 Å². The minimum Gasteiger partial charge on any atom is -0.385 e. The average Bonchev–Trinajstić information content (AvgIpc) is 2.21. The highest BCUT2D eigenvalue weighted by Crippen LogP contribution is 2.10. The van der Waals surface area contributed by atoms with Crippen molar-refractivity contribution in [3.8, 4) is 0 Å². The summed E-state index contributed by atoms with van der Waals surface area (Å²) >= 11 is 0. The zero-order valence-corrected chi connectivity index (χ0v) is 10.3. The van der Waals surface area contributed by atoms with Crippen LogP contribution in [0.2, 0.25) is 0 Å². The van der Waals surface area contributed by atoms with Crippen LogP contribution in [0.3, 0.4) is 0 Å². The summed E-state index contributed by atoms with van der Waals surface area (Å²) in [5, 5.41) is 3.57. The lowest BCUT2D eigenvalue weighted by Crippen LogP contribution is -2.31. The summed E-state index contributed by atoms with van der Waals surface area (Å²) in [5.74, 6) is 0.786. The first-order valence-corrected chi connectivity index (χ1v) is 5.96. The summed E-state index contributed by atoms with van der Waals surface area (Å²) < 4.78 is 5.12. The van der Waals surface area contributed by atoms with Crippen LogP contribution in [0.5, 0.6) is 0 Å². The molecule has 0 aromatic carbocycles. The fourth-order valence-electron chi connectivity index (χ4n) is 1.55. The van der Waals surface area contributed by atoms with Gasteiger partial charge in [0.25, 0.3) is 0 Å². The van der Waals surface area contributed by atoms with E-state index < -0.39 is 0 Å². The van der Waals surface area contributed by atoms with E-state index in [0.29, 0.717) is 6.04 Å². The maximum absolute atomic E-state index is 5.12. The Morgan fingerprint density at radius 1 is 1.21 bits per heavy atom. The Morgan fingerprint density at radius 2 is 1.93 bits per heavy atom. The molecule has 2 nitrogen and oxygen atoms in total. The Kier molecular flexibility index (Phi) is 9.42. The molecule has 0 bridgehead atoms. The third-order valence-corrected chi connectivity index (χ3v) is 2.79. The smallest absolute Gasteiger partial charge is 0.0465 e. The third-order valence-electron chi connectivity index (χ3n) is 2.79. The van der Waals surface area contributed by atoms with E-state index in [2.05, 4.69) is 26.1 Å². The average molecular weight is 201 g/mol. The lowest BCUT2D eigenvalue weighted by Gasteiger charge is -2.19. The van der Waals surface area contributed by atoms with Crippen LogP contribution in [0, 0.1) is 5.92 Å². The molecule has 0 spiro atoms. The maximum atomic E-state index is 5.12. The van der Waals surface area contributed by atoms with Gasteiger partial charge in [0.05, 0.1) is 0 Å². The summed E-state index contributed by atoms with van der Waals surface area (Å²) in [5.41, 5.74) is 0. The van der Waals surface area contributed by atoms with Gasteiger partial charge in [-0.3, -0.25) is 0 Å². The van der Waals surface area contributed by atoms with Gasteiger partial charge >= 0.3 is 0 Å². The molecule has 86 valence electrons. The number of hydrogen-bond acceptors (Lipinski definition) is 2. The van der Waals surface area contributed by atoms with Gasteiger partial charge in [-0.2, -0.15) is 0 Å². The van der Waals surface area contributed by atoms with Gasteiger partial charge in [-0.25, -0.2) is 0 Å². The first kappa shape index (κ1) is 13.9. The van der Waals surface area contributed by atoms with Gasteiger partial charge in [0, 0.05) is 19.8 Å². The normalized spacial score (nSPS) is 15.4. The van der Waals surface area contributed by atoms with Gasteiger partial charge in [0.1, 0.15) is 0 Å². The molecule has 0 aromatic rings. The van der Waals surface area contributed by atoms with Crippen LogP contribution < -0.4 is 5.32 Å². The highest BCUT2D eigenvalue weighted by atomic mass is 16.5. The molecule has 0 aromatic heterocycles. The third kappa shape index (κ3) is 7.34. The molecule has 0 aliphatic heterocycles. The Bertz CT molecular complexity index is 117. The first-order valence-electron chi connectivity index (χ1n) is 5.96. The van der Waals surface area contributed by atoms with Gasteiger partial charge < -0.3 is 10.1 Å². The minimum atomic E-state index is 0.650. The molecular weight excluding hydrogens is 174 g/mol. The molecule has 2 heteroatoms. The second-order valence-electron chi connectivity index (χ2n) is 4.15. The SMILES string of the molecule is CCC[C@H](CCOC)CN[C@H](C)CC. The van der Waals surface area contributed by atoms with E-state index in [1.54, 1.807) is 7.11 Å². The van der Waals surface area contributed by atoms with E-state index in [4.69, 9.17) is 4.74 Å². The highest BCUT2D eigenvalue weighted by molar-refractivity contribution is 4.65. The van der Waals surface area contributed by atoms with Crippen LogP contribution in [-0.4, -0.2) is 26.3 Å². The van der Waals surface area contributed by atoms with E-state index in [0.717, 1.165) is 19.1 Å². The van der Waals surface area contributed by atoms with Crippen molar-refractivity contribution in [2.45, 2.75) is 52.5 Å². The van der Waals surface area contributed by atoms with Crippen LogP contribution >= 0.6 is 0 Å². The van der Waals surface area contributed by atoms with Crippen LogP contribution in [0.25, 0.3) is 0 Å². The first-order chi connectivity index (χ1) is 6.74. The highest BCUT2D eigenvalue weighted by Gasteiger charge is 2.08. The molecule has 14 heavy (non-hydrogen) atoms. The summed E-state index contributed by atoms with van der Waals surface area (Å²) in [6.45, 7) is 8.77. The molecule has 0 saturated carbocycles. The van der Waals surface area contributed by atoms with Crippen molar-refractivity contribution in [3.63, 3.8) is 0 Å². The zero-order valence-electron chi connectivity index (χ0n) is 10.3. The fraction of sp³-hybridized carbons (Fsp3) is 1.00. The molecule has 0 heterocycles. The molecular formula is C12H27NO. The van der Waals surface area contributed by atoms with Crippen LogP contribution in [-0.2, 0) is 4.74 Å². The van der Waals surface area contributed by atoms with Crippen LogP contribution in [0.1, 0.15) is 46.5 Å². The summed E-state index contributed by atoms with van der Waals surface area (Å²) in [6, 6.07) is 0.650. The number of hydrogen-bond donors (Lipinski definition) is 1. The Hall–Kier alpha value is -0.0800. The molecule has 0 aliphatic carbocycles. The predicted octanol–water partition coefficient (Wildman–Crippen LogP) is 2.83. The Balaban J connectivity index is 3.60. The largest absolute Gasteiger partial charge is 0.385 e. The minimum absolute atomic E-state index is 0.650. The lowest BCUT2D eigenvalue weighted by atomic mass is 10.00. The Morgan fingerprint density at radius 3 is 2.43 bits per heavy atom. The van der Waals surface area contributed by atoms with E-state index in [1.165, 1.54) is 25.7 Å². The molecule has 0 unspecified atom stereocenters. The van der Waals surface area contributed by atoms with E-state index >= 15 is 0 Å². The number of ether oxygens (including phenoxy) is 1. The van der Waals surface area contributed by atoms with Crippen molar-refractivity contribution in [3.05, 3.63) is 0 Å². The van der Waals surface area contributed by atoms with Crippen molar-refractivity contribution in [2.24, 2.45) is 5.92 Å². The number of nitrogens with one attached hydrogen (secondary N) is 1. The van der Waals surface area contributed by atoms with Gasteiger partial charge in [0.15, 0.2) is 0 Å². The Labute approximate surface area is 89.4 Å². The molecule has 2 atom stereocenters. The quantitative estimate of drug-likeness (QED) is 0.619. The van der Waals surface area contributed by atoms with E-state index in [-0.39, 0.29) is 0 Å². The van der Waals surface area contributed by atoms with Crippen molar-refractivity contribution in [1.82, 2.24) is 5.32 Å². The number of rotatable bonds is 9. The summed E-state index contributed by atoms with van der Waals surface area (Å²) in [7, 11) is 1.78. The van der Waals surface area contributed by atoms with Gasteiger partial charge in [-0.1, -0.05) is 20.3 Å². The second kappa shape index (κ2) is 9.47. The number of methoxy groups -OCH3 is 1. The maximum Gasteiger partial charge on any atom is 0.0465 e. The lowest BCUT2D eigenvalue weighted by molar-refractivity contribution is 0.173. The predicted molar refractivity (Wildman–Crippen MR) is 62.6 cm³/mol. The van der Waals surface area contributed by atoms with Gasteiger partial charge in [-0.15, -0.1) is 0 Å². The second-order valence-corrected chi connectivity index (χ2v) is 4.15. The molecule has 0 rings (SSSR count). The van der Waals surface area contributed by atoms with Crippen molar-refractivity contribution >= 4 is 0 Å². The zero-order chi connectivity index (χ0) is 10.8. The van der Waals surface area contributed by atoms with Crippen molar-refractivity contribution in [2.75, 3.05) is 20.3 Å². The fourth-order valence-corrected chi connectivity index (χ4v) is 1.55.